The molecule has 5 aromatic carbocycles. The van der Waals surface area contributed by atoms with E-state index < -0.39 is 17.4 Å². The van der Waals surface area contributed by atoms with Crippen LogP contribution in [0, 0.1) is 23.2 Å². The predicted octanol–water partition coefficient (Wildman–Crippen LogP) is 7.96. The Labute approximate surface area is 671 Å². The molecule has 12 N–H and O–H groups in total. The Morgan fingerprint density at radius 2 is 1.37 bits per heavy atom. The lowest BCUT2D eigenvalue weighted by atomic mass is 9.93. The van der Waals surface area contributed by atoms with Gasteiger partial charge in [-0.15, -0.1) is 11.6 Å². The van der Waals surface area contributed by atoms with Gasteiger partial charge in [0.05, 0.1) is 17.6 Å². The van der Waals surface area contributed by atoms with E-state index >= 15 is 0 Å². The normalized spacial score (nSPS) is 12.6. The number of guanidine groups is 1. The van der Waals surface area contributed by atoms with E-state index in [0.717, 1.165) is 43.9 Å². The van der Waals surface area contributed by atoms with Crippen LogP contribution in [-0.4, -0.2) is 152 Å². The van der Waals surface area contributed by atoms with Crippen LogP contribution in [0.2, 0.25) is 0 Å². The number of unbranched alkanes of at least 4 members (excludes halogenated alkanes) is 1. The van der Waals surface area contributed by atoms with E-state index in [1.165, 1.54) is 6.92 Å². The molecule has 0 radical (unpaired) electrons. The summed E-state index contributed by atoms with van der Waals surface area (Å²) >= 11 is 6.46. The van der Waals surface area contributed by atoms with Gasteiger partial charge in [0.2, 0.25) is 23.7 Å². The number of ketones is 3. The number of alkyl halides is 1. The number of ether oxygens (including phenoxy) is 1. The molecule has 4 atom stereocenters. The first-order valence-corrected chi connectivity index (χ1v) is 38.8. The van der Waals surface area contributed by atoms with Gasteiger partial charge in [-0.1, -0.05) is 97.0 Å². The molecule has 0 saturated heterocycles. The molecule has 4 heterocycles. The van der Waals surface area contributed by atoms with E-state index in [2.05, 4.69) is 51.5 Å². The molecule has 0 saturated carbocycles. The number of halogens is 1. The van der Waals surface area contributed by atoms with Gasteiger partial charge in [0.25, 0.3) is 17.4 Å². The molecule has 115 heavy (non-hydrogen) atoms. The SMILES string of the molecule is CC(=O)Oc1cc2c(c3ccccc13)C(CCl)CN2C(=O)c1cc2cc(NC(=O)C3=Cc4cc(NC(=O)CCSSCCNC(=O)[C@H](C)CC(=O)[C@@H](C)CCCNC(=N)N)ccc4C3)ccc2[nH]1.CNC(=O)[C@H](C)CC(=O)CCCCC(=O)c1ccc(CCc2cnc3nc(N)[nH]c(=O)c3n2)cc1.O=C=O.O=C=O.O=C=O.O=C=O. The van der Waals surface area contributed by atoms with Crippen molar-refractivity contribution in [2.45, 2.75) is 111 Å². The van der Waals surface area contributed by atoms with E-state index in [-0.39, 0.29) is 125 Å². The molecule has 1 unspecified atom stereocenters. The molecule has 1 aliphatic heterocycles. The molecule has 1 aliphatic carbocycles. The number of rotatable bonds is 33. The summed E-state index contributed by atoms with van der Waals surface area (Å²) in [6.07, 6.45) is 10.2. The standard InChI is InChI=1S/C50H55ClN8O7S2.C25H30N6O4.4CO2/c1-28(7-6-15-55-50(52)53)43(61)19-29(2)47(63)54-16-18-68-67-17-14-45(62)56-36-11-10-31-20-34(21-32(31)22-36)48(64)57-37-12-13-40-33(23-37)24-41(58-40)49(65)59-27-35(26-51)46-39-9-5-4-8-38(39)44(25-42(46)59)66-30(3)60;1-15(23(34)27-2)13-19(32)5-3-4-6-20(33)17-10-7-16(8-11-17)9-12-18-14-28-22-21(29-18)24(35)31-25(26)30-22;4*2-1-3/h4-5,8-13,21-25,28-29,35,58H,6-7,14-20,26-27H2,1-3H3,(H,54,63)(H,56,62)(H,57,64)(H4,52,53,55);7-8,10-11,14-15H,3-6,9,12-13H2,1-2H3,(H,27,34)(H3,26,28,30,31,35);;;;/t28-,29+,35?;15-;;;;/m01..../s1. The highest BCUT2D eigenvalue weighted by molar-refractivity contribution is 8.76. The van der Waals surface area contributed by atoms with Gasteiger partial charge in [0, 0.05) is 158 Å². The Kier molecular flexibility index (Phi) is 39.0. The summed E-state index contributed by atoms with van der Waals surface area (Å²) in [5, 5.41) is 23.7. The maximum Gasteiger partial charge on any atom is 0.373 e. The van der Waals surface area contributed by atoms with Crippen LogP contribution in [0.1, 0.15) is 140 Å². The number of carbonyl (C=O) groups excluding carboxylic acids is 17. The van der Waals surface area contributed by atoms with Crippen molar-refractivity contribution in [3.8, 4) is 5.75 Å². The lowest BCUT2D eigenvalue weighted by molar-refractivity contribution is -0.193. The van der Waals surface area contributed by atoms with E-state index in [0.29, 0.717) is 147 Å². The molecule has 5 amide bonds. The second-order valence-corrected chi connectivity index (χ2v) is 29.0. The third-order valence-electron chi connectivity index (χ3n) is 17.7. The maximum atomic E-state index is 14.1. The molecule has 0 bridgehead atoms. The van der Waals surface area contributed by atoms with Crippen LogP contribution in [0.3, 0.4) is 0 Å². The Bertz CT molecular complexity index is 5020. The third kappa shape index (κ3) is 29.4. The maximum absolute atomic E-state index is 14.1. The number of Topliss-reactive ketones (excluding diaryl/α,β-unsaturated/α-hetero) is 3. The second kappa shape index (κ2) is 48.2. The van der Waals surface area contributed by atoms with Gasteiger partial charge < -0.3 is 52.7 Å². The largest absolute Gasteiger partial charge is 0.426 e. The molecule has 2 aliphatic rings. The topological polar surface area (TPSA) is 526 Å². The number of nitrogens with one attached hydrogen (secondary N) is 8. The number of aromatic nitrogens is 5. The molecule has 3 aromatic heterocycles. The molecule has 0 fully saturated rings. The summed E-state index contributed by atoms with van der Waals surface area (Å²) in [4.78, 5) is 210. The van der Waals surface area contributed by atoms with Crippen molar-refractivity contribution >= 4 is 179 Å². The van der Waals surface area contributed by atoms with Gasteiger partial charge in [0.1, 0.15) is 23.0 Å². The van der Waals surface area contributed by atoms with Crippen molar-refractivity contribution in [3.05, 3.63) is 158 Å². The lowest BCUT2D eigenvalue weighted by Gasteiger charge is -2.18. The predicted molar refractivity (Wildman–Crippen MR) is 426 cm³/mol. The fourth-order valence-electron chi connectivity index (χ4n) is 12.2. The summed E-state index contributed by atoms with van der Waals surface area (Å²) in [6, 6.07) is 29.5. The van der Waals surface area contributed by atoms with Crippen molar-refractivity contribution in [2.75, 3.05) is 65.3 Å². The summed E-state index contributed by atoms with van der Waals surface area (Å²) in [7, 11) is 4.66. The minimum absolute atomic E-state index is 0.000165. The molecule has 36 heteroatoms. The highest BCUT2D eigenvalue weighted by Crippen LogP contribution is 2.46. The number of carbonyl (C=O) groups is 9. The fourth-order valence-corrected chi connectivity index (χ4v) is 14.4. The van der Waals surface area contributed by atoms with Gasteiger partial charge in [-0.25, -0.2) is 9.97 Å². The minimum atomic E-state index is -0.460. The highest BCUT2D eigenvalue weighted by atomic mass is 35.5. The number of aryl methyl sites for hydroxylation is 2. The number of H-pyrrole nitrogens is 2. The zero-order valence-electron chi connectivity index (χ0n) is 63.3. The van der Waals surface area contributed by atoms with Crippen LogP contribution in [0.5, 0.6) is 5.75 Å². The van der Waals surface area contributed by atoms with E-state index in [9.17, 15) is 47.9 Å². The molecule has 33 nitrogen and oxygen atoms in total. The quantitative estimate of drug-likeness (QED) is 0.00272. The van der Waals surface area contributed by atoms with Crippen LogP contribution in [0.15, 0.2) is 114 Å². The van der Waals surface area contributed by atoms with Crippen molar-refractivity contribution in [1.29, 1.82) is 5.41 Å². The van der Waals surface area contributed by atoms with Gasteiger partial charge in [0.15, 0.2) is 22.9 Å². The first-order chi connectivity index (χ1) is 55.1. The van der Waals surface area contributed by atoms with Crippen LogP contribution in [0.4, 0.5) is 23.0 Å². The zero-order valence-corrected chi connectivity index (χ0v) is 65.7. The van der Waals surface area contributed by atoms with Crippen molar-refractivity contribution < 1.29 is 86.2 Å². The van der Waals surface area contributed by atoms with Gasteiger partial charge in [-0.3, -0.25) is 58.3 Å². The van der Waals surface area contributed by atoms with Crippen LogP contribution in [-0.2, 0) is 91.2 Å². The minimum Gasteiger partial charge on any atom is -0.426 e. The summed E-state index contributed by atoms with van der Waals surface area (Å²) in [6.45, 7) is 8.02. The molecule has 10 rings (SSSR count). The van der Waals surface area contributed by atoms with Gasteiger partial charge in [-0.2, -0.15) is 43.3 Å². The first kappa shape index (κ1) is 92.9. The molecule has 0 spiro atoms. The lowest BCUT2D eigenvalue weighted by Crippen LogP contribution is -2.33. The first-order valence-electron chi connectivity index (χ1n) is 35.8. The second-order valence-electron chi connectivity index (χ2n) is 26.0. The van der Waals surface area contributed by atoms with Crippen LogP contribution in [0.25, 0.3) is 38.9 Å². The number of hydrogen-bond donors (Lipinski definition) is 10. The number of esters is 1. The van der Waals surface area contributed by atoms with E-state index in [1.54, 1.807) is 83.9 Å². The number of nitrogens with two attached hydrogens (primary N) is 2. The number of nitrogens with zero attached hydrogens (tertiary/aromatic N) is 4. The number of anilines is 4. The summed E-state index contributed by atoms with van der Waals surface area (Å²) in [5.41, 5.74) is 19.3. The number of fused-ring (bicyclic) bond motifs is 6. The third-order valence-corrected chi connectivity index (χ3v) is 20.5. The highest BCUT2D eigenvalue weighted by Gasteiger charge is 2.36. The van der Waals surface area contributed by atoms with E-state index in [4.69, 9.17) is 71.6 Å². The monoisotopic (exact) mass is 1630 g/mol. The number of aromatic amines is 2. The summed E-state index contributed by atoms with van der Waals surface area (Å²) in [5.74, 6) is -0.545. The number of hydrogen-bond acceptors (Lipinski definition) is 26. The fraction of sp³-hybridized carbons (Fsp3) is 0.342. The van der Waals surface area contributed by atoms with Crippen LogP contribution >= 0.6 is 33.2 Å². The number of nitrogen functional groups attached to an aromatic ring is 1. The van der Waals surface area contributed by atoms with E-state index in [1.807, 2.05) is 79.7 Å². The van der Waals surface area contributed by atoms with Crippen molar-refractivity contribution in [1.82, 2.24) is 40.9 Å². The zero-order chi connectivity index (χ0) is 84.7. The smallest absolute Gasteiger partial charge is 0.373 e. The Balaban J connectivity index is 0.000000418. The summed E-state index contributed by atoms with van der Waals surface area (Å²) < 4.78 is 5.58. The van der Waals surface area contributed by atoms with Gasteiger partial charge >= 0.3 is 30.6 Å². The molecule has 8 aromatic rings. The molecule has 604 valence electrons. The number of benzene rings is 5. The Morgan fingerprint density at radius 3 is 2.04 bits per heavy atom. The van der Waals surface area contributed by atoms with Crippen molar-refractivity contribution in [2.24, 2.45) is 23.5 Å². The molecular weight excluding hydrogens is 1550 g/mol. The average molecular weight is 1630 g/mol. The van der Waals surface area contributed by atoms with Gasteiger partial charge in [-0.05, 0) is 109 Å². The van der Waals surface area contributed by atoms with Crippen LogP contribution < -0.4 is 53.2 Å². The average Bonchev–Trinajstić information content (AvgIpc) is 1.61. The Morgan fingerprint density at radius 1 is 0.722 bits per heavy atom. The van der Waals surface area contributed by atoms with Crippen molar-refractivity contribution in [3.63, 3.8) is 0 Å². The number of amides is 5. The Hall–Kier alpha value is -12.7. The molecular formula is C79H85ClN14O19S2.